The van der Waals surface area contributed by atoms with Crippen LogP contribution in [0.5, 0.6) is 0 Å². The molecule has 3 nitrogen and oxygen atoms in total. The summed E-state index contributed by atoms with van der Waals surface area (Å²) in [5.74, 6) is 0. The van der Waals surface area contributed by atoms with Crippen molar-refractivity contribution in [2.24, 2.45) is 0 Å². The summed E-state index contributed by atoms with van der Waals surface area (Å²) in [5, 5.41) is 8.28. The van der Waals surface area contributed by atoms with E-state index in [-0.39, 0.29) is 0 Å². The fourth-order valence-electron chi connectivity index (χ4n) is 1.93. The van der Waals surface area contributed by atoms with Gasteiger partial charge in [-0.2, -0.15) is 0 Å². The second-order valence-electron chi connectivity index (χ2n) is 4.68. The summed E-state index contributed by atoms with van der Waals surface area (Å²) >= 11 is 0. The largest absolute Gasteiger partial charge is 0.227 e. The minimum atomic E-state index is 0.874. The molecule has 0 bridgehead atoms. The van der Waals surface area contributed by atoms with Gasteiger partial charge in [0, 0.05) is 11.8 Å². The molecule has 0 amide bonds. The Balaban J connectivity index is 1.79. The number of rotatable bonds is 3. The van der Waals surface area contributed by atoms with Crippen molar-refractivity contribution in [2.75, 3.05) is 0 Å². The minimum Gasteiger partial charge on any atom is -0.227 e. The molecule has 1 heterocycles. The molecule has 0 unspecified atom stereocenters. The average molecular weight is 261 g/mol. The van der Waals surface area contributed by atoms with E-state index in [1.165, 1.54) is 5.56 Å². The molecule has 98 valence electrons. The molecule has 1 aromatic heterocycles. The standard InChI is InChI=1S/C17H15N3/c1-14-7-9-15(10-8-14)11-12-20-13-17(18-19-20)16-5-3-2-4-6-16/h2-13H,1H3/b12-11+. The van der Waals surface area contributed by atoms with E-state index in [1.807, 2.05) is 48.8 Å². The molecule has 0 fully saturated rings. The van der Waals surface area contributed by atoms with Gasteiger partial charge in [0.1, 0.15) is 5.69 Å². The van der Waals surface area contributed by atoms with Crippen LogP contribution in [0.2, 0.25) is 0 Å². The zero-order valence-electron chi connectivity index (χ0n) is 11.3. The van der Waals surface area contributed by atoms with Crippen molar-refractivity contribution < 1.29 is 0 Å². The summed E-state index contributed by atoms with van der Waals surface area (Å²) < 4.78 is 1.72. The van der Waals surface area contributed by atoms with Crippen LogP contribution in [0.25, 0.3) is 23.5 Å². The van der Waals surface area contributed by atoms with Gasteiger partial charge in [-0.1, -0.05) is 65.4 Å². The summed E-state index contributed by atoms with van der Waals surface area (Å²) in [6.07, 6.45) is 5.84. The highest BCUT2D eigenvalue weighted by Crippen LogP contribution is 2.15. The van der Waals surface area contributed by atoms with E-state index in [9.17, 15) is 0 Å². The Morgan fingerprint density at radius 2 is 1.70 bits per heavy atom. The second-order valence-corrected chi connectivity index (χ2v) is 4.68. The van der Waals surface area contributed by atoms with Crippen molar-refractivity contribution in [3.8, 4) is 11.3 Å². The van der Waals surface area contributed by atoms with E-state index in [0.29, 0.717) is 0 Å². The molecule has 0 saturated heterocycles. The van der Waals surface area contributed by atoms with Gasteiger partial charge in [-0.25, -0.2) is 4.68 Å². The van der Waals surface area contributed by atoms with E-state index in [0.717, 1.165) is 16.8 Å². The van der Waals surface area contributed by atoms with Crippen molar-refractivity contribution in [1.82, 2.24) is 15.0 Å². The first-order valence-electron chi connectivity index (χ1n) is 6.53. The van der Waals surface area contributed by atoms with Crippen LogP contribution in [0.1, 0.15) is 11.1 Å². The molecule has 20 heavy (non-hydrogen) atoms. The first-order valence-corrected chi connectivity index (χ1v) is 6.53. The monoisotopic (exact) mass is 261 g/mol. The Labute approximate surface area is 118 Å². The third-order valence-electron chi connectivity index (χ3n) is 3.08. The summed E-state index contributed by atoms with van der Waals surface area (Å²) in [7, 11) is 0. The lowest BCUT2D eigenvalue weighted by atomic mass is 10.1. The van der Waals surface area contributed by atoms with Gasteiger partial charge in [-0.3, -0.25) is 0 Å². The summed E-state index contributed by atoms with van der Waals surface area (Å²) in [6.45, 7) is 2.08. The van der Waals surface area contributed by atoms with Gasteiger partial charge < -0.3 is 0 Å². The Morgan fingerprint density at radius 1 is 0.950 bits per heavy atom. The third kappa shape index (κ3) is 2.83. The topological polar surface area (TPSA) is 30.7 Å². The molecule has 0 aliphatic carbocycles. The third-order valence-corrected chi connectivity index (χ3v) is 3.08. The van der Waals surface area contributed by atoms with Gasteiger partial charge in [0.25, 0.3) is 0 Å². The molecule has 0 N–H and O–H groups in total. The Morgan fingerprint density at radius 3 is 2.45 bits per heavy atom. The van der Waals surface area contributed by atoms with Gasteiger partial charge in [0.15, 0.2) is 0 Å². The van der Waals surface area contributed by atoms with Crippen LogP contribution in [-0.4, -0.2) is 15.0 Å². The Kier molecular flexibility index (Phi) is 3.42. The number of aromatic nitrogens is 3. The van der Waals surface area contributed by atoms with Crippen molar-refractivity contribution in [2.45, 2.75) is 6.92 Å². The molecule has 0 aliphatic rings. The van der Waals surface area contributed by atoms with Crippen LogP contribution in [0.4, 0.5) is 0 Å². The van der Waals surface area contributed by atoms with Gasteiger partial charge in [0.05, 0.1) is 6.20 Å². The van der Waals surface area contributed by atoms with E-state index in [2.05, 4.69) is 41.5 Å². The maximum atomic E-state index is 4.17. The lowest BCUT2D eigenvalue weighted by Crippen LogP contribution is -1.85. The molecule has 0 aliphatic heterocycles. The van der Waals surface area contributed by atoms with Crippen molar-refractivity contribution in [1.29, 1.82) is 0 Å². The molecular formula is C17H15N3. The van der Waals surface area contributed by atoms with Crippen LogP contribution in [0.15, 0.2) is 60.8 Å². The smallest absolute Gasteiger partial charge is 0.113 e. The SMILES string of the molecule is Cc1ccc(/C=C/n2cc(-c3ccccc3)nn2)cc1. The van der Waals surface area contributed by atoms with Crippen LogP contribution in [-0.2, 0) is 0 Å². The van der Waals surface area contributed by atoms with Crippen molar-refractivity contribution >= 4 is 12.3 Å². The quantitative estimate of drug-likeness (QED) is 0.716. The zero-order valence-corrected chi connectivity index (χ0v) is 11.3. The van der Waals surface area contributed by atoms with E-state index < -0.39 is 0 Å². The molecule has 2 aromatic carbocycles. The molecule has 0 spiro atoms. The predicted octanol–water partition coefficient (Wildman–Crippen LogP) is 3.88. The van der Waals surface area contributed by atoms with Gasteiger partial charge in [0.2, 0.25) is 0 Å². The molecule has 0 atom stereocenters. The average Bonchev–Trinajstić information content (AvgIpc) is 2.97. The minimum absolute atomic E-state index is 0.874. The van der Waals surface area contributed by atoms with Crippen molar-refractivity contribution in [3.05, 3.63) is 71.9 Å². The Hall–Kier alpha value is -2.68. The summed E-state index contributed by atoms with van der Waals surface area (Å²) in [4.78, 5) is 0. The van der Waals surface area contributed by atoms with Crippen molar-refractivity contribution in [3.63, 3.8) is 0 Å². The number of benzene rings is 2. The number of hydrogen-bond acceptors (Lipinski definition) is 2. The van der Waals surface area contributed by atoms with E-state index in [1.54, 1.807) is 4.68 Å². The first kappa shape index (κ1) is 12.4. The van der Waals surface area contributed by atoms with Gasteiger partial charge >= 0.3 is 0 Å². The fourth-order valence-corrected chi connectivity index (χ4v) is 1.93. The second kappa shape index (κ2) is 5.53. The lowest BCUT2D eigenvalue weighted by Gasteiger charge is -1.94. The van der Waals surface area contributed by atoms with Gasteiger partial charge in [-0.05, 0) is 18.6 Å². The molecule has 3 aromatic rings. The van der Waals surface area contributed by atoms with Crippen LogP contribution < -0.4 is 0 Å². The highest BCUT2D eigenvalue weighted by atomic mass is 15.4. The number of nitrogens with zero attached hydrogens (tertiary/aromatic N) is 3. The van der Waals surface area contributed by atoms with E-state index in [4.69, 9.17) is 0 Å². The zero-order chi connectivity index (χ0) is 13.8. The maximum Gasteiger partial charge on any atom is 0.113 e. The number of hydrogen-bond donors (Lipinski definition) is 0. The number of aryl methyl sites for hydroxylation is 1. The van der Waals surface area contributed by atoms with Gasteiger partial charge in [-0.15, -0.1) is 5.10 Å². The first-order chi connectivity index (χ1) is 9.81. The van der Waals surface area contributed by atoms with Crippen LogP contribution >= 0.6 is 0 Å². The maximum absolute atomic E-state index is 4.17. The highest BCUT2D eigenvalue weighted by Gasteiger charge is 2.00. The molecule has 0 saturated carbocycles. The molecule has 0 radical (unpaired) electrons. The lowest BCUT2D eigenvalue weighted by molar-refractivity contribution is 0.843. The normalized spacial score (nSPS) is 11.1. The molecular weight excluding hydrogens is 246 g/mol. The Bertz CT molecular complexity index is 710. The summed E-state index contributed by atoms with van der Waals surface area (Å²) in [6, 6.07) is 18.4. The van der Waals surface area contributed by atoms with E-state index >= 15 is 0 Å². The van der Waals surface area contributed by atoms with Crippen LogP contribution in [0, 0.1) is 6.92 Å². The molecule has 3 heteroatoms. The fraction of sp³-hybridized carbons (Fsp3) is 0.0588. The highest BCUT2D eigenvalue weighted by molar-refractivity contribution is 5.62. The predicted molar refractivity (Wildman–Crippen MR) is 81.9 cm³/mol. The molecule has 3 rings (SSSR count). The van der Waals surface area contributed by atoms with Crippen LogP contribution in [0.3, 0.4) is 0 Å². The summed E-state index contributed by atoms with van der Waals surface area (Å²) in [5.41, 5.74) is 4.35.